The molecule has 0 radical (unpaired) electrons. The number of rotatable bonds is 3. The second-order valence-electron chi connectivity index (χ2n) is 4.76. The molecule has 4 nitrogen and oxygen atoms in total. The normalized spacial score (nSPS) is 19.2. The Morgan fingerprint density at radius 2 is 2.28 bits per heavy atom. The summed E-state index contributed by atoms with van der Waals surface area (Å²) in [5, 5.41) is 0. The van der Waals surface area contributed by atoms with Gasteiger partial charge in [0.05, 0.1) is 6.04 Å². The van der Waals surface area contributed by atoms with Crippen molar-refractivity contribution in [2.24, 2.45) is 5.73 Å². The first-order valence-corrected chi connectivity index (χ1v) is 6.55. The number of benzene rings is 1. The number of hydrogen-bond donors (Lipinski definition) is 2. The fourth-order valence-corrected chi connectivity index (χ4v) is 2.62. The Labute approximate surface area is 108 Å². The monoisotopic (exact) mass is 247 g/mol. The molecule has 1 unspecified atom stereocenters. The molecule has 1 heterocycles. The van der Waals surface area contributed by atoms with E-state index in [2.05, 4.69) is 0 Å². The van der Waals surface area contributed by atoms with E-state index in [0.717, 1.165) is 36.2 Å². The molecule has 0 bridgehead atoms. The first kappa shape index (κ1) is 12.9. The molecule has 1 aromatic rings. The number of nitrogen functional groups attached to an aromatic ring is 1. The Hall–Kier alpha value is -1.55. The van der Waals surface area contributed by atoms with E-state index in [1.54, 1.807) is 0 Å². The van der Waals surface area contributed by atoms with E-state index in [9.17, 15) is 4.79 Å². The van der Waals surface area contributed by atoms with E-state index < -0.39 is 0 Å². The number of carbonyl (C=O) groups is 1. The highest BCUT2D eigenvalue weighted by atomic mass is 16.2. The van der Waals surface area contributed by atoms with Gasteiger partial charge in [0.2, 0.25) is 5.91 Å². The van der Waals surface area contributed by atoms with Crippen LogP contribution in [0.1, 0.15) is 43.4 Å². The molecular weight excluding hydrogens is 226 g/mol. The van der Waals surface area contributed by atoms with E-state index in [1.165, 1.54) is 0 Å². The molecule has 1 aliphatic rings. The number of anilines is 1. The standard InChI is InChI=1S/C14H21N3O/c1-2-14(18)17-7-3-4-13(17)10-5-6-12(16)11(8-10)9-15/h5-6,8,13H,2-4,7,9,15-16H2,1H3. The summed E-state index contributed by atoms with van der Waals surface area (Å²) in [6.45, 7) is 3.21. The number of likely N-dealkylation sites (tertiary alicyclic amines) is 1. The van der Waals surface area contributed by atoms with Crippen LogP contribution in [0, 0.1) is 0 Å². The van der Waals surface area contributed by atoms with Gasteiger partial charge >= 0.3 is 0 Å². The predicted molar refractivity (Wildman–Crippen MR) is 72.7 cm³/mol. The Bertz CT molecular complexity index is 445. The number of hydrogen-bond acceptors (Lipinski definition) is 3. The highest BCUT2D eigenvalue weighted by Gasteiger charge is 2.29. The maximum Gasteiger partial charge on any atom is 0.222 e. The molecule has 1 fully saturated rings. The summed E-state index contributed by atoms with van der Waals surface area (Å²) >= 11 is 0. The van der Waals surface area contributed by atoms with Gasteiger partial charge in [0.25, 0.3) is 0 Å². The minimum Gasteiger partial charge on any atom is -0.398 e. The van der Waals surface area contributed by atoms with Crippen LogP contribution in [0.5, 0.6) is 0 Å². The van der Waals surface area contributed by atoms with Crippen molar-refractivity contribution < 1.29 is 4.79 Å². The SMILES string of the molecule is CCC(=O)N1CCCC1c1ccc(N)c(CN)c1. The summed E-state index contributed by atoms with van der Waals surface area (Å²) in [6, 6.07) is 6.15. The van der Waals surface area contributed by atoms with E-state index in [1.807, 2.05) is 30.0 Å². The van der Waals surface area contributed by atoms with Gasteiger partial charge in [-0.3, -0.25) is 4.79 Å². The number of amides is 1. The summed E-state index contributed by atoms with van der Waals surface area (Å²) in [6.07, 6.45) is 2.66. The highest BCUT2D eigenvalue weighted by molar-refractivity contribution is 5.76. The second-order valence-corrected chi connectivity index (χ2v) is 4.76. The van der Waals surface area contributed by atoms with Crippen molar-refractivity contribution in [3.63, 3.8) is 0 Å². The summed E-state index contributed by atoms with van der Waals surface area (Å²) in [5.41, 5.74) is 14.4. The third-order valence-electron chi connectivity index (χ3n) is 3.65. The molecule has 0 saturated carbocycles. The van der Waals surface area contributed by atoms with Crippen LogP contribution < -0.4 is 11.5 Å². The zero-order valence-electron chi connectivity index (χ0n) is 10.9. The summed E-state index contributed by atoms with van der Waals surface area (Å²) in [7, 11) is 0. The highest BCUT2D eigenvalue weighted by Crippen LogP contribution is 2.33. The maximum atomic E-state index is 11.9. The largest absolute Gasteiger partial charge is 0.398 e. The van der Waals surface area contributed by atoms with Crippen molar-refractivity contribution in [2.75, 3.05) is 12.3 Å². The average Bonchev–Trinajstić information content (AvgIpc) is 2.87. The van der Waals surface area contributed by atoms with Crippen molar-refractivity contribution in [3.05, 3.63) is 29.3 Å². The zero-order valence-corrected chi connectivity index (χ0v) is 10.9. The second kappa shape index (κ2) is 5.40. The van der Waals surface area contributed by atoms with Gasteiger partial charge in [-0.1, -0.05) is 19.1 Å². The van der Waals surface area contributed by atoms with Gasteiger partial charge in [-0.15, -0.1) is 0 Å². The van der Waals surface area contributed by atoms with E-state index >= 15 is 0 Å². The summed E-state index contributed by atoms with van der Waals surface area (Å²) in [5.74, 6) is 0.226. The first-order valence-electron chi connectivity index (χ1n) is 6.55. The number of carbonyl (C=O) groups excluding carboxylic acids is 1. The van der Waals surface area contributed by atoms with Crippen LogP contribution in [0.15, 0.2) is 18.2 Å². The lowest BCUT2D eigenvalue weighted by molar-refractivity contribution is -0.131. The smallest absolute Gasteiger partial charge is 0.222 e. The van der Waals surface area contributed by atoms with Gasteiger partial charge in [-0.25, -0.2) is 0 Å². The molecule has 1 saturated heterocycles. The Morgan fingerprint density at radius 1 is 1.50 bits per heavy atom. The van der Waals surface area contributed by atoms with Crippen LogP contribution in [0.25, 0.3) is 0 Å². The van der Waals surface area contributed by atoms with Gasteiger partial charge < -0.3 is 16.4 Å². The zero-order chi connectivity index (χ0) is 13.1. The molecule has 98 valence electrons. The lowest BCUT2D eigenvalue weighted by Gasteiger charge is -2.25. The number of nitrogens with zero attached hydrogens (tertiary/aromatic N) is 1. The van der Waals surface area contributed by atoms with E-state index in [4.69, 9.17) is 11.5 Å². The van der Waals surface area contributed by atoms with Gasteiger partial charge in [0.15, 0.2) is 0 Å². The fraction of sp³-hybridized carbons (Fsp3) is 0.500. The molecule has 18 heavy (non-hydrogen) atoms. The van der Waals surface area contributed by atoms with Gasteiger partial charge in [0.1, 0.15) is 0 Å². The van der Waals surface area contributed by atoms with Crippen molar-refractivity contribution in [1.29, 1.82) is 0 Å². The van der Waals surface area contributed by atoms with Crippen LogP contribution in [0.4, 0.5) is 5.69 Å². The molecule has 4 N–H and O–H groups in total. The Morgan fingerprint density at radius 3 is 2.94 bits per heavy atom. The van der Waals surface area contributed by atoms with Gasteiger partial charge in [-0.05, 0) is 30.0 Å². The van der Waals surface area contributed by atoms with E-state index in [0.29, 0.717) is 13.0 Å². The van der Waals surface area contributed by atoms with Crippen molar-refractivity contribution in [2.45, 2.75) is 38.8 Å². The fourth-order valence-electron chi connectivity index (χ4n) is 2.62. The molecule has 1 aliphatic heterocycles. The van der Waals surface area contributed by atoms with Crippen molar-refractivity contribution in [3.8, 4) is 0 Å². The third-order valence-corrected chi connectivity index (χ3v) is 3.65. The van der Waals surface area contributed by atoms with Gasteiger partial charge in [0, 0.05) is 25.2 Å². The maximum absolute atomic E-state index is 11.9. The average molecular weight is 247 g/mol. The molecule has 1 atom stereocenters. The Kier molecular flexibility index (Phi) is 3.87. The molecule has 4 heteroatoms. The molecular formula is C14H21N3O. The molecule has 1 aromatic carbocycles. The minimum atomic E-state index is 0.198. The van der Waals surface area contributed by atoms with Gasteiger partial charge in [-0.2, -0.15) is 0 Å². The first-order chi connectivity index (χ1) is 8.67. The summed E-state index contributed by atoms with van der Waals surface area (Å²) < 4.78 is 0. The Balaban J connectivity index is 2.27. The molecule has 0 aliphatic carbocycles. The molecule has 2 rings (SSSR count). The van der Waals surface area contributed by atoms with Crippen LogP contribution >= 0.6 is 0 Å². The third kappa shape index (κ3) is 2.34. The quantitative estimate of drug-likeness (QED) is 0.800. The molecule has 0 spiro atoms. The molecule has 1 amide bonds. The van der Waals surface area contributed by atoms with Crippen LogP contribution in [-0.4, -0.2) is 17.4 Å². The van der Waals surface area contributed by atoms with Crippen molar-refractivity contribution >= 4 is 11.6 Å². The van der Waals surface area contributed by atoms with E-state index in [-0.39, 0.29) is 11.9 Å². The predicted octanol–water partition coefficient (Wildman–Crippen LogP) is 1.80. The van der Waals surface area contributed by atoms with Crippen LogP contribution in [-0.2, 0) is 11.3 Å². The number of nitrogens with two attached hydrogens (primary N) is 2. The topological polar surface area (TPSA) is 72.3 Å². The van der Waals surface area contributed by atoms with Crippen molar-refractivity contribution in [1.82, 2.24) is 4.90 Å². The summed E-state index contributed by atoms with van der Waals surface area (Å²) in [4.78, 5) is 13.9. The van der Waals surface area contributed by atoms with Crippen LogP contribution in [0.3, 0.4) is 0 Å². The molecule has 0 aromatic heterocycles. The lowest BCUT2D eigenvalue weighted by atomic mass is 10.0. The van der Waals surface area contributed by atoms with Crippen LogP contribution in [0.2, 0.25) is 0 Å². The lowest BCUT2D eigenvalue weighted by Crippen LogP contribution is -2.29. The minimum absolute atomic E-state index is 0.198.